The highest BCUT2D eigenvalue weighted by molar-refractivity contribution is 6.31. The van der Waals surface area contributed by atoms with Crippen molar-refractivity contribution in [1.82, 2.24) is 10.2 Å². The van der Waals surface area contributed by atoms with E-state index in [-0.39, 0.29) is 16.5 Å². The number of hydrogen-bond acceptors (Lipinski definition) is 3. The molecule has 0 atom stereocenters. The number of nitrogens with zero attached hydrogens (tertiary/aromatic N) is 1. The fourth-order valence-electron chi connectivity index (χ4n) is 1.22. The summed E-state index contributed by atoms with van der Waals surface area (Å²) in [6, 6.07) is 8.70. The van der Waals surface area contributed by atoms with Crippen LogP contribution in [-0.4, -0.2) is 10.2 Å². The van der Waals surface area contributed by atoms with Crippen LogP contribution in [0.5, 0.6) is 11.6 Å². The molecule has 1 aromatic heterocycles. The maximum absolute atomic E-state index is 10.9. The van der Waals surface area contributed by atoms with E-state index in [1.54, 1.807) is 6.07 Å². The Morgan fingerprint density at radius 1 is 1.38 bits per heavy atom. The van der Waals surface area contributed by atoms with E-state index >= 15 is 0 Å². The predicted molar refractivity (Wildman–Crippen MR) is 61.1 cm³/mol. The van der Waals surface area contributed by atoms with E-state index in [1.807, 2.05) is 25.1 Å². The van der Waals surface area contributed by atoms with Gasteiger partial charge >= 0.3 is 0 Å². The van der Waals surface area contributed by atoms with Crippen molar-refractivity contribution in [2.75, 3.05) is 0 Å². The fraction of sp³-hybridized carbons (Fsp3) is 0.0909. The molecule has 1 N–H and O–H groups in total. The fourth-order valence-corrected chi connectivity index (χ4v) is 1.39. The standard InChI is InChI=1S/C11H9ClN2O2/c1-7-4-2-3-5-9(7)16-11-8(12)6-10(15)13-14-11/h2-6H,1H3,(H,13,15). The Kier molecular flexibility index (Phi) is 2.92. The highest BCUT2D eigenvalue weighted by Gasteiger charge is 2.06. The van der Waals surface area contributed by atoms with E-state index in [1.165, 1.54) is 6.07 Å². The first-order valence-corrected chi connectivity index (χ1v) is 5.03. The number of halogens is 1. The molecule has 0 spiro atoms. The van der Waals surface area contributed by atoms with Crippen LogP contribution < -0.4 is 10.3 Å². The van der Waals surface area contributed by atoms with Gasteiger partial charge in [-0.1, -0.05) is 29.8 Å². The number of nitrogens with one attached hydrogen (secondary N) is 1. The molecule has 0 amide bonds. The first kappa shape index (κ1) is 10.7. The van der Waals surface area contributed by atoms with Gasteiger partial charge in [-0.3, -0.25) is 4.79 Å². The summed E-state index contributed by atoms with van der Waals surface area (Å²) < 4.78 is 5.48. The second-order valence-electron chi connectivity index (χ2n) is 3.25. The van der Waals surface area contributed by atoms with Crippen LogP contribution in [0.25, 0.3) is 0 Å². The van der Waals surface area contributed by atoms with Gasteiger partial charge in [-0.15, -0.1) is 5.10 Å². The molecule has 0 unspecified atom stereocenters. The second kappa shape index (κ2) is 4.37. The minimum absolute atomic E-state index is 0.187. The summed E-state index contributed by atoms with van der Waals surface area (Å²) in [6.07, 6.45) is 0. The maximum atomic E-state index is 10.9. The van der Waals surface area contributed by atoms with E-state index in [2.05, 4.69) is 10.2 Å². The Bertz CT molecular complexity index is 566. The normalized spacial score (nSPS) is 10.1. The molecular formula is C11H9ClN2O2. The van der Waals surface area contributed by atoms with Crippen molar-refractivity contribution in [3.05, 3.63) is 51.3 Å². The van der Waals surface area contributed by atoms with E-state index in [0.29, 0.717) is 5.75 Å². The van der Waals surface area contributed by atoms with Crippen LogP contribution in [0.1, 0.15) is 5.56 Å². The lowest BCUT2D eigenvalue weighted by atomic mass is 10.2. The first-order chi connectivity index (χ1) is 7.66. The first-order valence-electron chi connectivity index (χ1n) is 4.65. The summed E-state index contributed by atoms with van der Waals surface area (Å²) in [5.74, 6) is 0.847. The van der Waals surface area contributed by atoms with Gasteiger partial charge in [0, 0.05) is 6.07 Å². The summed E-state index contributed by atoms with van der Waals surface area (Å²) in [4.78, 5) is 10.9. The number of rotatable bonds is 2. The van der Waals surface area contributed by atoms with Crippen molar-refractivity contribution >= 4 is 11.6 Å². The minimum atomic E-state index is -0.359. The van der Waals surface area contributed by atoms with Gasteiger partial charge in [-0.05, 0) is 18.6 Å². The van der Waals surface area contributed by atoms with Gasteiger partial charge in [0.1, 0.15) is 10.8 Å². The summed E-state index contributed by atoms with van der Waals surface area (Å²) in [5, 5.41) is 6.17. The molecule has 4 nitrogen and oxygen atoms in total. The van der Waals surface area contributed by atoms with Crippen molar-refractivity contribution in [2.45, 2.75) is 6.92 Å². The van der Waals surface area contributed by atoms with Crippen molar-refractivity contribution in [3.8, 4) is 11.6 Å². The molecule has 2 aromatic rings. The third-order valence-electron chi connectivity index (χ3n) is 2.03. The van der Waals surface area contributed by atoms with Crippen LogP contribution >= 0.6 is 11.6 Å². The Morgan fingerprint density at radius 2 is 2.12 bits per heavy atom. The zero-order valence-electron chi connectivity index (χ0n) is 8.53. The lowest BCUT2D eigenvalue weighted by Gasteiger charge is -2.07. The summed E-state index contributed by atoms with van der Waals surface area (Å²) in [6.45, 7) is 1.91. The molecule has 0 aliphatic carbocycles. The number of aromatic nitrogens is 2. The smallest absolute Gasteiger partial charge is 0.265 e. The Hall–Kier alpha value is -1.81. The SMILES string of the molecule is Cc1ccccc1Oc1n[nH]c(=O)cc1Cl. The monoisotopic (exact) mass is 236 g/mol. The predicted octanol–water partition coefficient (Wildman–Crippen LogP) is 2.52. The van der Waals surface area contributed by atoms with Gasteiger partial charge in [0.05, 0.1) is 0 Å². The Balaban J connectivity index is 2.34. The average molecular weight is 237 g/mol. The van der Waals surface area contributed by atoms with Crippen LogP contribution in [0.2, 0.25) is 5.02 Å². The molecule has 1 heterocycles. The number of aryl methyl sites for hydroxylation is 1. The summed E-state index contributed by atoms with van der Waals surface area (Å²) >= 11 is 5.82. The van der Waals surface area contributed by atoms with E-state index in [4.69, 9.17) is 16.3 Å². The van der Waals surface area contributed by atoms with Crippen LogP contribution in [0.4, 0.5) is 0 Å². The molecule has 5 heteroatoms. The zero-order valence-corrected chi connectivity index (χ0v) is 9.28. The zero-order chi connectivity index (χ0) is 11.5. The number of H-pyrrole nitrogens is 1. The van der Waals surface area contributed by atoms with E-state index in [9.17, 15) is 4.79 Å². The molecule has 0 saturated heterocycles. The molecule has 0 bridgehead atoms. The molecule has 0 radical (unpaired) electrons. The number of benzene rings is 1. The number of aromatic amines is 1. The van der Waals surface area contributed by atoms with Gasteiger partial charge in [-0.25, -0.2) is 5.10 Å². The number of para-hydroxylation sites is 1. The topological polar surface area (TPSA) is 55.0 Å². The van der Waals surface area contributed by atoms with Crippen molar-refractivity contribution in [3.63, 3.8) is 0 Å². The van der Waals surface area contributed by atoms with Crippen LogP contribution in [-0.2, 0) is 0 Å². The van der Waals surface area contributed by atoms with E-state index < -0.39 is 0 Å². The van der Waals surface area contributed by atoms with Gasteiger partial charge in [0.2, 0.25) is 0 Å². The highest BCUT2D eigenvalue weighted by Crippen LogP contribution is 2.26. The molecule has 1 aromatic carbocycles. The number of hydrogen-bond donors (Lipinski definition) is 1. The Morgan fingerprint density at radius 3 is 2.81 bits per heavy atom. The average Bonchev–Trinajstić information content (AvgIpc) is 2.25. The minimum Gasteiger partial charge on any atom is -0.436 e. The Labute approximate surface area is 96.8 Å². The third-order valence-corrected chi connectivity index (χ3v) is 2.30. The molecular weight excluding hydrogens is 228 g/mol. The van der Waals surface area contributed by atoms with Crippen molar-refractivity contribution < 1.29 is 4.74 Å². The summed E-state index contributed by atoms with van der Waals surface area (Å²) in [5.41, 5.74) is 0.605. The van der Waals surface area contributed by atoms with Gasteiger partial charge < -0.3 is 4.74 Å². The van der Waals surface area contributed by atoms with Crippen LogP contribution in [0.15, 0.2) is 35.1 Å². The summed E-state index contributed by atoms with van der Waals surface area (Å²) in [7, 11) is 0. The lowest BCUT2D eigenvalue weighted by Crippen LogP contribution is -2.07. The molecule has 2 rings (SSSR count). The van der Waals surface area contributed by atoms with E-state index in [0.717, 1.165) is 5.56 Å². The largest absolute Gasteiger partial charge is 0.436 e. The van der Waals surface area contributed by atoms with Crippen LogP contribution in [0, 0.1) is 6.92 Å². The molecule has 0 aliphatic heterocycles. The molecule has 0 aliphatic rings. The van der Waals surface area contributed by atoms with Crippen LogP contribution in [0.3, 0.4) is 0 Å². The molecule has 0 saturated carbocycles. The second-order valence-corrected chi connectivity index (χ2v) is 3.66. The highest BCUT2D eigenvalue weighted by atomic mass is 35.5. The molecule has 16 heavy (non-hydrogen) atoms. The quantitative estimate of drug-likeness (QED) is 0.872. The van der Waals surface area contributed by atoms with Crippen molar-refractivity contribution in [2.24, 2.45) is 0 Å². The van der Waals surface area contributed by atoms with Crippen molar-refractivity contribution in [1.29, 1.82) is 0 Å². The third kappa shape index (κ3) is 2.23. The lowest BCUT2D eigenvalue weighted by molar-refractivity contribution is 0.451. The maximum Gasteiger partial charge on any atom is 0.265 e. The van der Waals surface area contributed by atoms with Gasteiger partial charge in [0.25, 0.3) is 11.4 Å². The number of ether oxygens (including phenoxy) is 1. The molecule has 0 fully saturated rings. The van der Waals surface area contributed by atoms with Gasteiger partial charge in [0.15, 0.2) is 0 Å². The van der Waals surface area contributed by atoms with Gasteiger partial charge in [-0.2, -0.15) is 0 Å². The molecule has 82 valence electrons.